The maximum absolute atomic E-state index is 12.9. The molecule has 0 bridgehead atoms. The molecule has 2 aromatic heterocycles. The number of nitrogens with zero attached hydrogens (tertiary/aromatic N) is 5. The van der Waals surface area contributed by atoms with Crippen molar-refractivity contribution in [3.05, 3.63) is 22.1 Å². The molecule has 2 aliphatic rings. The summed E-state index contributed by atoms with van der Waals surface area (Å²) in [6, 6.07) is 1.54. The van der Waals surface area contributed by atoms with Crippen LogP contribution in [0.1, 0.15) is 38.3 Å². The molecule has 0 radical (unpaired) electrons. The molecule has 168 valence electrons. The summed E-state index contributed by atoms with van der Waals surface area (Å²) in [5.41, 5.74) is 0.482. The van der Waals surface area contributed by atoms with E-state index in [2.05, 4.69) is 20.3 Å². The minimum atomic E-state index is -0.283. The van der Waals surface area contributed by atoms with Gasteiger partial charge in [0, 0.05) is 44.0 Å². The summed E-state index contributed by atoms with van der Waals surface area (Å²) in [7, 11) is 0. The van der Waals surface area contributed by atoms with Crippen molar-refractivity contribution in [2.24, 2.45) is 5.92 Å². The predicted octanol–water partition coefficient (Wildman–Crippen LogP) is 1.41. The van der Waals surface area contributed by atoms with Gasteiger partial charge in [-0.1, -0.05) is 11.3 Å². The molecule has 0 saturated carbocycles. The van der Waals surface area contributed by atoms with Gasteiger partial charge >= 0.3 is 6.09 Å². The zero-order chi connectivity index (χ0) is 22.0. The number of aromatic nitrogens is 3. The van der Waals surface area contributed by atoms with Gasteiger partial charge in [-0.15, -0.1) is 5.10 Å². The van der Waals surface area contributed by atoms with Gasteiger partial charge in [0.05, 0.1) is 12.5 Å². The highest BCUT2D eigenvalue weighted by atomic mass is 32.1. The van der Waals surface area contributed by atoms with Gasteiger partial charge in [-0.05, 0) is 39.5 Å². The van der Waals surface area contributed by atoms with Crippen LogP contribution < -0.4 is 15.8 Å². The molecule has 2 aliphatic heterocycles. The number of piperidine rings is 2. The molecule has 2 saturated heterocycles. The van der Waals surface area contributed by atoms with Crippen LogP contribution in [0, 0.1) is 12.8 Å². The van der Waals surface area contributed by atoms with Gasteiger partial charge in [0.15, 0.2) is 0 Å². The molecule has 0 spiro atoms. The number of rotatable bonds is 4. The van der Waals surface area contributed by atoms with Gasteiger partial charge in [0.1, 0.15) is 0 Å². The zero-order valence-electron chi connectivity index (χ0n) is 17.9. The smallest absolute Gasteiger partial charge is 0.409 e. The van der Waals surface area contributed by atoms with Gasteiger partial charge in [0.2, 0.25) is 16.0 Å². The summed E-state index contributed by atoms with van der Waals surface area (Å²) in [6.45, 7) is 6.51. The Balaban J connectivity index is 1.35. The van der Waals surface area contributed by atoms with Crippen molar-refractivity contribution in [1.29, 1.82) is 0 Å². The number of carbonyl (C=O) groups excluding carboxylic acids is 2. The standard InChI is InChI=1S/C20H28N6O4S/c1-3-30-20(29)24-9-6-15(7-10-24)22-17(28)14-5-4-8-25(12-14)19-23-26-16(27)11-13(2)21-18(26)31-19/h11,14-15H,3-10,12H2,1-2H3,(H,22,28)/t14-/m1/s1. The average molecular weight is 449 g/mol. The Hall–Kier alpha value is -2.69. The first-order valence-electron chi connectivity index (χ1n) is 10.8. The lowest BCUT2D eigenvalue weighted by molar-refractivity contribution is -0.126. The molecule has 11 heteroatoms. The lowest BCUT2D eigenvalue weighted by Crippen LogP contribution is -2.50. The van der Waals surface area contributed by atoms with Crippen molar-refractivity contribution in [3.63, 3.8) is 0 Å². The van der Waals surface area contributed by atoms with Crippen LogP contribution >= 0.6 is 11.3 Å². The minimum absolute atomic E-state index is 0.0477. The molecule has 0 unspecified atom stereocenters. The van der Waals surface area contributed by atoms with Crippen molar-refractivity contribution in [2.75, 3.05) is 37.7 Å². The molecule has 4 heterocycles. The summed E-state index contributed by atoms with van der Waals surface area (Å²) in [4.78, 5) is 45.6. The molecule has 0 aromatic carbocycles. The van der Waals surface area contributed by atoms with E-state index in [9.17, 15) is 14.4 Å². The number of ether oxygens (including phenoxy) is 1. The third kappa shape index (κ3) is 4.81. The number of fused-ring (bicyclic) bond motifs is 1. The highest BCUT2D eigenvalue weighted by Crippen LogP contribution is 2.27. The van der Waals surface area contributed by atoms with Gasteiger partial charge in [-0.2, -0.15) is 4.52 Å². The summed E-state index contributed by atoms with van der Waals surface area (Å²) in [5.74, 6) is -0.0817. The molecule has 2 aromatic rings. The van der Waals surface area contributed by atoms with E-state index in [1.807, 2.05) is 0 Å². The van der Waals surface area contributed by atoms with Crippen LogP contribution in [0.5, 0.6) is 0 Å². The van der Waals surface area contributed by atoms with Gasteiger partial charge < -0.3 is 19.9 Å². The maximum Gasteiger partial charge on any atom is 0.409 e. The molecule has 2 fully saturated rings. The Morgan fingerprint density at radius 1 is 1.26 bits per heavy atom. The quantitative estimate of drug-likeness (QED) is 0.753. The SMILES string of the molecule is CCOC(=O)N1CCC(NC(=O)[C@@H]2CCCN(c3nn4c(=O)cc(C)nc4s3)C2)CC1. The Morgan fingerprint density at radius 2 is 2.03 bits per heavy atom. The van der Waals surface area contributed by atoms with Crippen molar-refractivity contribution in [2.45, 2.75) is 45.6 Å². The number of anilines is 1. The Kier molecular flexibility index (Phi) is 6.40. The first-order chi connectivity index (χ1) is 14.9. The lowest BCUT2D eigenvalue weighted by atomic mass is 9.96. The van der Waals surface area contributed by atoms with E-state index in [0.29, 0.717) is 36.9 Å². The molecule has 10 nitrogen and oxygen atoms in total. The monoisotopic (exact) mass is 448 g/mol. The highest BCUT2D eigenvalue weighted by Gasteiger charge is 2.31. The molecule has 1 atom stereocenters. The number of amides is 2. The Morgan fingerprint density at radius 3 is 2.77 bits per heavy atom. The van der Waals surface area contributed by atoms with Crippen molar-refractivity contribution >= 4 is 33.4 Å². The van der Waals surface area contributed by atoms with Crippen LogP contribution in [0.4, 0.5) is 9.93 Å². The van der Waals surface area contributed by atoms with Crippen LogP contribution in [0.2, 0.25) is 0 Å². The molecule has 31 heavy (non-hydrogen) atoms. The van der Waals surface area contributed by atoms with Crippen LogP contribution in [0.25, 0.3) is 4.96 Å². The number of hydrogen-bond acceptors (Lipinski definition) is 8. The van der Waals surface area contributed by atoms with Crippen LogP contribution in [-0.4, -0.2) is 70.3 Å². The number of aryl methyl sites for hydroxylation is 1. The fourth-order valence-corrected chi connectivity index (χ4v) is 5.13. The summed E-state index contributed by atoms with van der Waals surface area (Å²) in [5, 5.41) is 8.32. The van der Waals surface area contributed by atoms with E-state index in [1.165, 1.54) is 21.9 Å². The van der Waals surface area contributed by atoms with Crippen LogP contribution in [0.15, 0.2) is 10.9 Å². The molecule has 0 aliphatic carbocycles. The van der Waals surface area contributed by atoms with Gasteiger partial charge in [-0.3, -0.25) is 9.59 Å². The van der Waals surface area contributed by atoms with Gasteiger partial charge in [0.25, 0.3) is 5.56 Å². The zero-order valence-corrected chi connectivity index (χ0v) is 18.7. The third-order valence-electron chi connectivity index (χ3n) is 5.79. The number of hydrogen-bond donors (Lipinski definition) is 1. The first kappa shape index (κ1) is 21.5. The van der Waals surface area contributed by atoms with Crippen molar-refractivity contribution in [3.8, 4) is 0 Å². The lowest BCUT2D eigenvalue weighted by Gasteiger charge is -2.35. The van der Waals surface area contributed by atoms with Crippen LogP contribution in [-0.2, 0) is 9.53 Å². The first-order valence-corrected chi connectivity index (χ1v) is 11.6. The molecular formula is C20H28N6O4S. The van der Waals surface area contributed by atoms with Crippen LogP contribution in [0.3, 0.4) is 0 Å². The second-order valence-corrected chi connectivity index (χ2v) is 9.00. The van der Waals surface area contributed by atoms with E-state index in [-0.39, 0.29) is 29.5 Å². The molecule has 1 N–H and O–H groups in total. The van der Waals surface area contributed by atoms with E-state index in [1.54, 1.807) is 18.7 Å². The van der Waals surface area contributed by atoms with E-state index in [4.69, 9.17) is 4.74 Å². The fourth-order valence-electron chi connectivity index (χ4n) is 4.14. The fraction of sp³-hybridized carbons (Fsp3) is 0.650. The Labute approximate surface area is 184 Å². The second-order valence-electron chi connectivity index (χ2n) is 8.07. The molecule has 4 rings (SSSR count). The van der Waals surface area contributed by atoms with E-state index in [0.717, 1.165) is 37.4 Å². The van der Waals surface area contributed by atoms with E-state index < -0.39 is 0 Å². The van der Waals surface area contributed by atoms with Crippen molar-refractivity contribution in [1.82, 2.24) is 24.8 Å². The van der Waals surface area contributed by atoms with E-state index >= 15 is 0 Å². The summed E-state index contributed by atoms with van der Waals surface area (Å²) < 4.78 is 6.37. The third-order valence-corrected chi connectivity index (χ3v) is 6.76. The number of carbonyl (C=O) groups is 2. The van der Waals surface area contributed by atoms with Crippen molar-refractivity contribution < 1.29 is 14.3 Å². The Bertz CT molecular complexity index is 1010. The normalized spacial score (nSPS) is 20.1. The second kappa shape index (κ2) is 9.21. The maximum atomic E-state index is 12.9. The summed E-state index contributed by atoms with van der Waals surface area (Å²) in [6.07, 6.45) is 2.89. The largest absolute Gasteiger partial charge is 0.450 e. The number of likely N-dealkylation sites (tertiary alicyclic amines) is 1. The molecular weight excluding hydrogens is 420 g/mol. The highest BCUT2D eigenvalue weighted by molar-refractivity contribution is 7.20. The average Bonchev–Trinajstić information content (AvgIpc) is 3.19. The topological polar surface area (TPSA) is 109 Å². The molecule has 2 amide bonds. The number of nitrogens with one attached hydrogen (secondary N) is 1. The summed E-state index contributed by atoms with van der Waals surface area (Å²) >= 11 is 1.37. The predicted molar refractivity (Wildman–Crippen MR) is 117 cm³/mol. The van der Waals surface area contributed by atoms with Gasteiger partial charge in [-0.25, -0.2) is 9.78 Å². The minimum Gasteiger partial charge on any atom is -0.450 e.